The monoisotopic (exact) mass is 316 g/mol. The molecule has 2 aromatic rings. The summed E-state index contributed by atoms with van der Waals surface area (Å²) in [6, 6.07) is 7.44. The van der Waals surface area contributed by atoms with Crippen LogP contribution in [0.25, 0.3) is 10.8 Å². The van der Waals surface area contributed by atoms with Crippen molar-refractivity contribution in [2.45, 2.75) is 44.8 Å². The topological polar surface area (TPSA) is 87.0 Å². The zero-order valence-electron chi connectivity index (χ0n) is 13.2. The van der Waals surface area contributed by atoms with Crippen LogP contribution in [0.15, 0.2) is 24.3 Å². The molecule has 0 aliphatic carbocycles. The molecule has 0 radical (unpaired) electrons. The van der Waals surface area contributed by atoms with Crippen LogP contribution in [-0.2, 0) is 11.2 Å². The minimum atomic E-state index is -1.45. The Bertz CT molecular complexity index is 783. The molecule has 2 atom stereocenters. The molecule has 3 rings (SSSR count). The molecule has 0 bridgehead atoms. The third-order valence-corrected chi connectivity index (χ3v) is 4.67. The maximum Gasteiger partial charge on any atom is 0.332 e. The van der Waals surface area contributed by atoms with Crippen molar-refractivity contribution in [3.8, 4) is 11.5 Å². The van der Waals surface area contributed by atoms with Crippen molar-refractivity contribution in [1.82, 2.24) is 0 Å². The molecule has 0 saturated carbocycles. The van der Waals surface area contributed by atoms with Gasteiger partial charge in [0.1, 0.15) is 17.1 Å². The van der Waals surface area contributed by atoms with Gasteiger partial charge in [0.25, 0.3) is 0 Å². The van der Waals surface area contributed by atoms with Crippen LogP contribution in [0.1, 0.15) is 30.9 Å². The molecule has 0 aromatic heterocycles. The van der Waals surface area contributed by atoms with Crippen molar-refractivity contribution in [3.05, 3.63) is 35.4 Å². The second-order valence-corrected chi connectivity index (χ2v) is 6.44. The number of carboxylic acid groups (broad SMARTS) is 1. The summed E-state index contributed by atoms with van der Waals surface area (Å²) in [6.07, 6.45) is -0.174. The maximum absolute atomic E-state index is 10.9. The van der Waals surface area contributed by atoms with Gasteiger partial charge in [-0.2, -0.15) is 0 Å². The first kappa shape index (κ1) is 15.6. The second-order valence-electron chi connectivity index (χ2n) is 6.44. The van der Waals surface area contributed by atoms with Crippen molar-refractivity contribution in [2.24, 2.45) is 0 Å². The maximum atomic E-state index is 10.9. The van der Waals surface area contributed by atoms with Gasteiger partial charge < -0.3 is 20.1 Å². The highest BCUT2D eigenvalue weighted by Gasteiger charge is 2.37. The zero-order chi connectivity index (χ0) is 16.8. The van der Waals surface area contributed by atoms with E-state index >= 15 is 0 Å². The summed E-state index contributed by atoms with van der Waals surface area (Å²) in [6.45, 7) is 3.68. The van der Waals surface area contributed by atoms with Crippen LogP contribution in [0.3, 0.4) is 0 Å². The van der Waals surface area contributed by atoms with Crippen LogP contribution in [0.2, 0.25) is 0 Å². The summed E-state index contributed by atoms with van der Waals surface area (Å²) in [5.74, 6) is -0.299. The van der Waals surface area contributed by atoms with E-state index in [1.165, 1.54) is 0 Å². The minimum Gasteiger partial charge on any atom is -0.507 e. The van der Waals surface area contributed by atoms with E-state index in [0.717, 1.165) is 16.5 Å². The molecule has 1 aliphatic rings. The fourth-order valence-corrected chi connectivity index (χ4v) is 3.31. The fraction of sp³-hybridized carbons (Fsp3) is 0.389. The lowest BCUT2D eigenvalue weighted by molar-refractivity contribution is -0.149. The summed E-state index contributed by atoms with van der Waals surface area (Å²) in [5, 5.41) is 30.5. The molecule has 23 heavy (non-hydrogen) atoms. The van der Waals surface area contributed by atoms with Gasteiger partial charge in [0.2, 0.25) is 0 Å². The Kier molecular flexibility index (Phi) is 3.68. The third kappa shape index (κ3) is 2.61. The van der Waals surface area contributed by atoms with Crippen LogP contribution >= 0.6 is 0 Å². The molecule has 0 fully saturated rings. The number of hydrogen-bond acceptors (Lipinski definition) is 4. The Morgan fingerprint density at radius 1 is 1.35 bits per heavy atom. The quantitative estimate of drug-likeness (QED) is 0.810. The van der Waals surface area contributed by atoms with Crippen molar-refractivity contribution >= 4 is 16.7 Å². The van der Waals surface area contributed by atoms with Gasteiger partial charge in [-0.1, -0.05) is 24.3 Å². The largest absolute Gasteiger partial charge is 0.507 e. The van der Waals surface area contributed by atoms with Gasteiger partial charge in [-0.25, -0.2) is 4.79 Å². The van der Waals surface area contributed by atoms with Crippen LogP contribution in [-0.4, -0.2) is 33.0 Å². The highest BCUT2D eigenvalue weighted by molar-refractivity contribution is 5.96. The van der Waals surface area contributed by atoms with Crippen LogP contribution in [0.4, 0.5) is 0 Å². The Hall–Kier alpha value is -2.27. The number of benzene rings is 2. The third-order valence-electron chi connectivity index (χ3n) is 4.67. The van der Waals surface area contributed by atoms with E-state index in [4.69, 9.17) is 9.84 Å². The van der Waals surface area contributed by atoms with Crippen molar-refractivity contribution < 1.29 is 24.9 Å². The standard InChI is InChI=1S/C18H20O5/c1-10-11-7-8-18(2,9-14(19)17(21)22)23-16(11)13-6-4-3-5-12(13)15(10)20/h3-6,14,19-20H,7-9H2,1-2H3,(H,21,22). The van der Waals surface area contributed by atoms with Crippen molar-refractivity contribution in [2.75, 3.05) is 0 Å². The number of hydrogen-bond donors (Lipinski definition) is 3. The smallest absolute Gasteiger partial charge is 0.332 e. The molecule has 2 aromatic carbocycles. The molecule has 3 N–H and O–H groups in total. The number of aliphatic hydroxyl groups excluding tert-OH is 1. The number of fused-ring (bicyclic) bond motifs is 3. The number of phenols is 1. The van der Waals surface area contributed by atoms with E-state index in [-0.39, 0.29) is 12.2 Å². The fourth-order valence-electron chi connectivity index (χ4n) is 3.31. The SMILES string of the molecule is Cc1c2c(c3ccccc3c1O)OC(C)(CC(O)C(=O)O)CC2. The molecule has 1 aliphatic heterocycles. The van der Waals surface area contributed by atoms with Crippen LogP contribution in [0, 0.1) is 6.92 Å². The van der Waals surface area contributed by atoms with E-state index in [0.29, 0.717) is 24.0 Å². The Balaban J connectivity index is 2.08. The average Bonchev–Trinajstić information content (AvgIpc) is 2.52. The lowest BCUT2D eigenvalue weighted by Gasteiger charge is -2.38. The Morgan fingerprint density at radius 3 is 2.65 bits per heavy atom. The van der Waals surface area contributed by atoms with Gasteiger partial charge in [0, 0.05) is 22.8 Å². The second kappa shape index (κ2) is 5.42. The Morgan fingerprint density at radius 2 is 2.00 bits per heavy atom. The van der Waals surface area contributed by atoms with Crippen molar-refractivity contribution in [1.29, 1.82) is 0 Å². The molecule has 1 heterocycles. The summed E-state index contributed by atoms with van der Waals surface area (Å²) < 4.78 is 6.15. The lowest BCUT2D eigenvalue weighted by atomic mass is 9.85. The predicted molar refractivity (Wildman–Crippen MR) is 86.0 cm³/mol. The number of ether oxygens (including phenoxy) is 1. The summed E-state index contributed by atoms with van der Waals surface area (Å²) in [5.41, 5.74) is 0.986. The number of carbonyl (C=O) groups is 1. The number of carboxylic acids is 1. The first-order valence-corrected chi connectivity index (χ1v) is 7.65. The lowest BCUT2D eigenvalue weighted by Crippen LogP contribution is -2.42. The number of aromatic hydroxyl groups is 1. The van der Waals surface area contributed by atoms with Gasteiger partial charge in [0.05, 0.1) is 0 Å². The normalized spacial score (nSPS) is 21.5. The highest BCUT2D eigenvalue weighted by atomic mass is 16.5. The minimum absolute atomic E-state index is 0.0238. The first-order valence-electron chi connectivity index (χ1n) is 7.65. The van der Waals surface area contributed by atoms with Crippen LogP contribution in [0.5, 0.6) is 11.5 Å². The molecule has 122 valence electrons. The zero-order valence-corrected chi connectivity index (χ0v) is 13.2. The van der Waals surface area contributed by atoms with E-state index in [1.807, 2.05) is 38.1 Å². The van der Waals surface area contributed by atoms with Gasteiger partial charge in [-0.3, -0.25) is 0 Å². The summed E-state index contributed by atoms with van der Waals surface area (Å²) in [7, 11) is 0. The molecule has 5 nitrogen and oxygen atoms in total. The Labute approximate surface area is 134 Å². The van der Waals surface area contributed by atoms with Gasteiger partial charge in [-0.05, 0) is 32.3 Å². The number of phenolic OH excluding ortho intramolecular Hbond substituents is 1. The van der Waals surface area contributed by atoms with E-state index < -0.39 is 17.7 Å². The number of rotatable bonds is 3. The van der Waals surface area contributed by atoms with E-state index in [2.05, 4.69) is 0 Å². The summed E-state index contributed by atoms with van der Waals surface area (Å²) in [4.78, 5) is 10.9. The molecular weight excluding hydrogens is 296 g/mol. The van der Waals surface area contributed by atoms with Gasteiger partial charge in [0.15, 0.2) is 6.10 Å². The molecule has 0 amide bonds. The molecule has 5 heteroatoms. The first-order chi connectivity index (χ1) is 10.8. The number of aliphatic carboxylic acids is 1. The predicted octanol–water partition coefficient (Wildman–Crippen LogP) is 2.77. The molecule has 0 saturated heterocycles. The molecule has 2 unspecified atom stereocenters. The average molecular weight is 316 g/mol. The van der Waals surface area contributed by atoms with Crippen molar-refractivity contribution in [3.63, 3.8) is 0 Å². The molecular formula is C18H20O5. The van der Waals surface area contributed by atoms with Crippen LogP contribution < -0.4 is 4.74 Å². The highest BCUT2D eigenvalue weighted by Crippen LogP contribution is 2.46. The summed E-state index contributed by atoms with van der Waals surface area (Å²) >= 11 is 0. The van der Waals surface area contributed by atoms with E-state index in [9.17, 15) is 15.0 Å². The van der Waals surface area contributed by atoms with E-state index in [1.54, 1.807) is 0 Å². The molecule has 0 spiro atoms. The van der Waals surface area contributed by atoms with Gasteiger partial charge >= 0.3 is 5.97 Å². The van der Waals surface area contributed by atoms with Gasteiger partial charge in [-0.15, -0.1) is 0 Å². The number of aliphatic hydroxyl groups is 1.